The molecular formula is C34H32BrClN2O5S. The number of aryl methyl sites for hydroxylation is 1. The van der Waals surface area contributed by atoms with E-state index in [4.69, 9.17) is 30.8 Å². The molecule has 0 aliphatic carbocycles. The average Bonchev–Trinajstić information content (AvgIpc) is 3.31. The van der Waals surface area contributed by atoms with Gasteiger partial charge in [-0.3, -0.25) is 9.36 Å². The summed E-state index contributed by atoms with van der Waals surface area (Å²) in [5.41, 5.74) is 4.09. The lowest BCUT2D eigenvalue weighted by atomic mass is 9.93. The molecule has 0 N–H and O–H groups in total. The Kier molecular flexibility index (Phi) is 10.1. The van der Waals surface area contributed by atoms with Crippen molar-refractivity contribution in [3.05, 3.63) is 123 Å². The van der Waals surface area contributed by atoms with Crippen molar-refractivity contribution in [2.45, 2.75) is 46.3 Å². The lowest BCUT2D eigenvalue weighted by Gasteiger charge is -2.27. The van der Waals surface area contributed by atoms with Gasteiger partial charge in [0, 0.05) is 20.6 Å². The number of hydrogen-bond donors (Lipinski definition) is 0. The van der Waals surface area contributed by atoms with E-state index in [0.29, 0.717) is 55.7 Å². The minimum absolute atomic E-state index is 0.180. The molecule has 4 aromatic rings. The lowest BCUT2D eigenvalue weighted by Crippen LogP contribution is -2.40. The van der Waals surface area contributed by atoms with Crippen LogP contribution in [0.25, 0.3) is 6.08 Å². The van der Waals surface area contributed by atoms with Gasteiger partial charge in [-0.05, 0) is 68.3 Å². The second kappa shape index (κ2) is 14.0. The van der Waals surface area contributed by atoms with E-state index in [-0.39, 0.29) is 12.2 Å². The fraction of sp³-hybridized carbons (Fsp3) is 0.265. The summed E-state index contributed by atoms with van der Waals surface area (Å²) in [7, 11) is 1.54. The van der Waals surface area contributed by atoms with Crippen molar-refractivity contribution >= 4 is 50.9 Å². The molecule has 0 saturated carbocycles. The molecule has 5 rings (SSSR count). The van der Waals surface area contributed by atoms with Crippen LogP contribution in [-0.2, 0) is 16.1 Å². The molecule has 2 heterocycles. The molecule has 3 aromatic carbocycles. The highest BCUT2D eigenvalue weighted by Crippen LogP contribution is 2.38. The van der Waals surface area contributed by atoms with Crippen molar-refractivity contribution in [3.8, 4) is 11.5 Å². The SMILES string of the molecule is CCCC1=C(C(=O)OCC)[C@@H](c2cc(Cl)ccc2OC)n2c(s/c(=C/c3cc(Br)ccc3OCc3ccc(C)cc3)c2=O)=N1. The maximum Gasteiger partial charge on any atom is 0.338 e. The third kappa shape index (κ3) is 6.70. The molecule has 0 unspecified atom stereocenters. The number of benzene rings is 3. The lowest BCUT2D eigenvalue weighted by molar-refractivity contribution is -0.139. The van der Waals surface area contributed by atoms with Crippen molar-refractivity contribution < 1.29 is 19.0 Å². The summed E-state index contributed by atoms with van der Waals surface area (Å²) in [4.78, 5) is 33.1. The number of halogens is 2. The number of allylic oxidation sites excluding steroid dienone is 1. The van der Waals surface area contributed by atoms with Gasteiger partial charge in [0.05, 0.1) is 29.5 Å². The highest BCUT2D eigenvalue weighted by molar-refractivity contribution is 9.10. The molecule has 0 fully saturated rings. The first-order valence-corrected chi connectivity index (χ1v) is 16.3. The minimum atomic E-state index is -0.845. The van der Waals surface area contributed by atoms with Gasteiger partial charge in [0.15, 0.2) is 4.80 Å². The molecule has 1 aliphatic rings. The molecule has 44 heavy (non-hydrogen) atoms. The van der Waals surface area contributed by atoms with Gasteiger partial charge < -0.3 is 14.2 Å². The second-order valence-electron chi connectivity index (χ2n) is 10.3. The number of thiazole rings is 1. The molecule has 0 saturated heterocycles. The Balaban J connectivity index is 1.69. The van der Waals surface area contributed by atoms with Gasteiger partial charge in [-0.2, -0.15) is 0 Å². The van der Waals surface area contributed by atoms with Crippen molar-refractivity contribution in [1.29, 1.82) is 0 Å². The summed E-state index contributed by atoms with van der Waals surface area (Å²) in [6.45, 7) is 6.36. The Morgan fingerprint density at radius 3 is 2.55 bits per heavy atom. The molecule has 0 bridgehead atoms. The van der Waals surface area contributed by atoms with Crippen LogP contribution in [0.3, 0.4) is 0 Å². The van der Waals surface area contributed by atoms with E-state index < -0.39 is 12.0 Å². The number of aromatic nitrogens is 1. The smallest absolute Gasteiger partial charge is 0.338 e. The standard InChI is InChI=1S/C34H32BrClN2O5S/c1-5-7-26-30(33(40)42-6-2)31(25-18-24(36)13-15-28(25)41-4)38-32(39)29(44-34(38)37-26)17-22-16-23(35)12-14-27(22)43-19-21-10-8-20(3)9-11-21/h8-18,31H,5-7,19H2,1-4H3/b29-17+/t31-/m1/s1. The van der Waals surface area contributed by atoms with Crippen molar-refractivity contribution in [1.82, 2.24) is 4.57 Å². The largest absolute Gasteiger partial charge is 0.496 e. The van der Waals surface area contributed by atoms with Gasteiger partial charge in [0.25, 0.3) is 5.56 Å². The number of methoxy groups -OCH3 is 1. The Morgan fingerprint density at radius 2 is 1.84 bits per heavy atom. The fourth-order valence-electron chi connectivity index (χ4n) is 5.08. The van der Waals surface area contributed by atoms with E-state index in [1.807, 2.05) is 56.3 Å². The molecule has 0 radical (unpaired) electrons. The molecule has 10 heteroatoms. The molecule has 0 amide bonds. The monoisotopic (exact) mass is 694 g/mol. The van der Waals surface area contributed by atoms with Crippen LogP contribution in [0.1, 0.15) is 55.0 Å². The van der Waals surface area contributed by atoms with Crippen LogP contribution in [0.4, 0.5) is 0 Å². The highest BCUT2D eigenvalue weighted by atomic mass is 79.9. The van der Waals surface area contributed by atoms with Crippen LogP contribution in [-0.4, -0.2) is 24.3 Å². The van der Waals surface area contributed by atoms with Gasteiger partial charge in [-0.15, -0.1) is 0 Å². The quantitative estimate of drug-likeness (QED) is 0.169. The van der Waals surface area contributed by atoms with E-state index in [9.17, 15) is 9.59 Å². The van der Waals surface area contributed by atoms with Crippen LogP contribution < -0.4 is 24.4 Å². The minimum Gasteiger partial charge on any atom is -0.496 e. The molecule has 1 aromatic heterocycles. The van der Waals surface area contributed by atoms with Crippen molar-refractivity contribution in [2.24, 2.45) is 4.99 Å². The molecule has 1 atom stereocenters. The number of fused-ring (bicyclic) bond motifs is 1. The van der Waals surface area contributed by atoms with Crippen LogP contribution in [0.2, 0.25) is 5.02 Å². The third-order valence-electron chi connectivity index (χ3n) is 7.15. The zero-order chi connectivity index (χ0) is 31.4. The van der Waals surface area contributed by atoms with Gasteiger partial charge in [-0.1, -0.05) is 82.0 Å². The first-order valence-electron chi connectivity index (χ1n) is 14.3. The van der Waals surface area contributed by atoms with E-state index >= 15 is 0 Å². The van der Waals surface area contributed by atoms with E-state index in [0.717, 1.165) is 22.0 Å². The van der Waals surface area contributed by atoms with E-state index in [2.05, 4.69) is 15.9 Å². The predicted octanol–water partition coefficient (Wildman–Crippen LogP) is 6.89. The van der Waals surface area contributed by atoms with Gasteiger partial charge in [-0.25, -0.2) is 9.79 Å². The third-order valence-corrected chi connectivity index (χ3v) is 8.86. The van der Waals surface area contributed by atoms with Crippen molar-refractivity contribution in [2.75, 3.05) is 13.7 Å². The normalized spacial score (nSPS) is 14.7. The molecule has 1 aliphatic heterocycles. The molecular weight excluding hydrogens is 664 g/mol. The Morgan fingerprint density at radius 1 is 1.09 bits per heavy atom. The summed E-state index contributed by atoms with van der Waals surface area (Å²) in [6.07, 6.45) is 3.08. The Labute approximate surface area is 273 Å². The predicted molar refractivity (Wildman–Crippen MR) is 177 cm³/mol. The van der Waals surface area contributed by atoms with Crippen LogP contribution in [0.5, 0.6) is 11.5 Å². The second-order valence-corrected chi connectivity index (χ2v) is 12.6. The number of esters is 1. The summed E-state index contributed by atoms with van der Waals surface area (Å²) in [6, 6.07) is 18.2. The highest BCUT2D eigenvalue weighted by Gasteiger charge is 2.36. The van der Waals surface area contributed by atoms with E-state index in [1.54, 1.807) is 42.9 Å². The molecule has 228 valence electrons. The number of ether oxygens (including phenoxy) is 3. The molecule has 7 nitrogen and oxygen atoms in total. The zero-order valence-corrected chi connectivity index (χ0v) is 28.0. The number of carbonyl (C=O) groups is 1. The number of nitrogens with zero attached hydrogens (tertiary/aromatic N) is 2. The zero-order valence-electron chi connectivity index (χ0n) is 24.9. The number of hydrogen-bond acceptors (Lipinski definition) is 7. The van der Waals surface area contributed by atoms with Gasteiger partial charge in [0.2, 0.25) is 0 Å². The maximum atomic E-state index is 14.3. The molecule has 0 spiro atoms. The topological polar surface area (TPSA) is 79.1 Å². The van der Waals surface area contributed by atoms with E-state index in [1.165, 1.54) is 16.9 Å². The van der Waals surface area contributed by atoms with Gasteiger partial charge >= 0.3 is 5.97 Å². The summed E-state index contributed by atoms with van der Waals surface area (Å²) in [5, 5.41) is 0.449. The Hall–Kier alpha value is -3.66. The first kappa shape index (κ1) is 31.8. The summed E-state index contributed by atoms with van der Waals surface area (Å²) < 4.78 is 20.2. The Bertz CT molecular complexity index is 1910. The number of rotatable bonds is 10. The summed E-state index contributed by atoms with van der Waals surface area (Å²) in [5.74, 6) is 0.596. The fourth-order valence-corrected chi connectivity index (χ4v) is 6.65. The summed E-state index contributed by atoms with van der Waals surface area (Å²) >= 11 is 11.3. The van der Waals surface area contributed by atoms with Crippen LogP contribution in [0.15, 0.2) is 86.2 Å². The average molecular weight is 696 g/mol. The van der Waals surface area contributed by atoms with Crippen LogP contribution >= 0.6 is 38.9 Å². The number of carbonyl (C=O) groups excluding carboxylic acids is 1. The maximum absolute atomic E-state index is 14.3. The van der Waals surface area contributed by atoms with Gasteiger partial charge in [0.1, 0.15) is 24.1 Å². The van der Waals surface area contributed by atoms with Crippen LogP contribution in [0, 0.1) is 6.92 Å². The van der Waals surface area contributed by atoms with Crippen molar-refractivity contribution in [3.63, 3.8) is 0 Å². The first-order chi connectivity index (χ1) is 21.2.